The van der Waals surface area contributed by atoms with Crippen molar-refractivity contribution in [2.24, 2.45) is 0 Å². The maximum absolute atomic E-state index is 13.3. The third kappa shape index (κ3) is 4.25. The Morgan fingerprint density at radius 3 is 2.35 bits per heavy atom. The summed E-state index contributed by atoms with van der Waals surface area (Å²) in [6.07, 6.45) is -1.83. The van der Waals surface area contributed by atoms with Gasteiger partial charge in [0.05, 0.1) is 18.5 Å². The fourth-order valence-corrected chi connectivity index (χ4v) is 2.33. The van der Waals surface area contributed by atoms with Gasteiger partial charge in [-0.05, 0) is 17.2 Å². The second-order valence-corrected chi connectivity index (χ2v) is 5.80. The molecule has 0 atom stereocenters. The number of benzene rings is 1. The first kappa shape index (κ1) is 18.5. The van der Waals surface area contributed by atoms with Crippen LogP contribution in [0, 0.1) is 0 Å². The summed E-state index contributed by atoms with van der Waals surface area (Å²) in [6.45, 7) is -1.55. The smallest absolute Gasteiger partial charge is 0.367 e. The van der Waals surface area contributed by atoms with Crippen LogP contribution in [0.4, 0.5) is 22.0 Å². The first-order valence-corrected chi connectivity index (χ1v) is 7.53. The van der Waals surface area contributed by atoms with Crippen LogP contribution in [0.25, 0.3) is 16.9 Å². The van der Waals surface area contributed by atoms with Gasteiger partial charge in [-0.25, -0.2) is 0 Å². The predicted octanol–water partition coefficient (Wildman–Crippen LogP) is 4.16. The van der Waals surface area contributed by atoms with Crippen molar-refractivity contribution in [2.45, 2.75) is 18.2 Å². The van der Waals surface area contributed by atoms with E-state index in [1.807, 2.05) is 0 Å². The lowest BCUT2D eigenvalue weighted by Gasteiger charge is -2.09. The molecule has 0 fully saturated rings. The largest absolute Gasteiger partial charge is 0.411 e. The number of rotatable bonds is 5. The Labute approximate surface area is 148 Å². The Bertz CT molecular complexity index is 905. The number of ether oxygens (including phenoxy) is 1. The molecule has 0 aliphatic heterocycles. The van der Waals surface area contributed by atoms with E-state index < -0.39 is 24.0 Å². The highest BCUT2D eigenvalue weighted by atomic mass is 35.5. The second-order valence-electron chi connectivity index (χ2n) is 5.33. The third-order valence-corrected chi connectivity index (χ3v) is 3.50. The van der Waals surface area contributed by atoms with Crippen LogP contribution in [-0.4, -0.2) is 32.4 Å². The molecule has 0 N–H and O–H groups in total. The molecule has 0 saturated carbocycles. The lowest BCUT2D eigenvalue weighted by atomic mass is 10.1. The van der Waals surface area contributed by atoms with Crippen molar-refractivity contribution < 1.29 is 26.7 Å². The number of halogens is 6. The minimum atomic E-state index is -4.39. The fourth-order valence-electron chi connectivity index (χ4n) is 2.20. The fraction of sp³-hybridized carbons (Fsp3) is 0.267. The number of hydrogen-bond acceptors (Lipinski definition) is 4. The van der Waals surface area contributed by atoms with E-state index in [1.54, 1.807) is 24.3 Å². The van der Waals surface area contributed by atoms with E-state index in [-0.39, 0.29) is 12.3 Å². The molecule has 2 heterocycles. The summed E-state index contributed by atoms with van der Waals surface area (Å²) >= 11 is 5.01. The van der Waals surface area contributed by atoms with Crippen molar-refractivity contribution >= 4 is 17.2 Å². The molecule has 0 amide bonds. The van der Waals surface area contributed by atoms with Gasteiger partial charge in [0.15, 0.2) is 5.65 Å². The second kappa shape index (κ2) is 6.76. The molecular weight excluding hydrogens is 383 g/mol. The van der Waals surface area contributed by atoms with E-state index in [9.17, 15) is 22.0 Å². The Kier molecular flexibility index (Phi) is 4.80. The Hall–Kier alpha value is -2.33. The van der Waals surface area contributed by atoms with Gasteiger partial charge in [0.2, 0.25) is 5.82 Å². The van der Waals surface area contributed by atoms with E-state index >= 15 is 0 Å². The van der Waals surface area contributed by atoms with E-state index in [4.69, 9.17) is 11.6 Å². The molecule has 11 heteroatoms. The summed E-state index contributed by atoms with van der Waals surface area (Å²) < 4.78 is 68.4. The molecule has 2 aromatic heterocycles. The maximum atomic E-state index is 13.3. The van der Waals surface area contributed by atoms with Crippen molar-refractivity contribution in [3.05, 3.63) is 48.0 Å². The zero-order valence-electron chi connectivity index (χ0n) is 12.8. The van der Waals surface area contributed by atoms with Crippen LogP contribution < -0.4 is 0 Å². The van der Waals surface area contributed by atoms with Gasteiger partial charge < -0.3 is 4.74 Å². The van der Waals surface area contributed by atoms with Gasteiger partial charge in [0.1, 0.15) is 6.61 Å². The molecule has 0 bridgehead atoms. The van der Waals surface area contributed by atoms with E-state index in [0.717, 1.165) is 4.40 Å². The normalized spacial score (nSPS) is 12.7. The van der Waals surface area contributed by atoms with Gasteiger partial charge in [-0.3, -0.25) is 9.38 Å². The Balaban J connectivity index is 1.81. The highest BCUT2D eigenvalue weighted by Crippen LogP contribution is 2.31. The molecule has 3 rings (SSSR count). The van der Waals surface area contributed by atoms with E-state index in [2.05, 4.69) is 19.9 Å². The first-order chi connectivity index (χ1) is 12.1. The van der Waals surface area contributed by atoms with Crippen LogP contribution in [0.3, 0.4) is 0 Å². The molecule has 0 spiro atoms. The molecule has 0 radical (unpaired) electrons. The summed E-state index contributed by atoms with van der Waals surface area (Å²) in [5, 5.41) is 3.22. The maximum Gasteiger partial charge on any atom is 0.411 e. The number of nitrogens with zero attached hydrogens (tertiary/aromatic N) is 4. The summed E-state index contributed by atoms with van der Waals surface area (Å²) in [4.78, 5) is 4.11. The minimum Gasteiger partial charge on any atom is -0.367 e. The van der Waals surface area contributed by atoms with E-state index in [0.29, 0.717) is 16.8 Å². The highest BCUT2D eigenvalue weighted by Gasteiger charge is 2.34. The Morgan fingerprint density at radius 1 is 1.04 bits per heavy atom. The van der Waals surface area contributed by atoms with Crippen LogP contribution >= 0.6 is 11.6 Å². The molecule has 0 aliphatic carbocycles. The minimum absolute atomic E-state index is 0.0984. The number of hydrogen-bond donors (Lipinski definition) is 0. The van der Waals surface area contributed by atoms with Crippen LogP contribution in [0.1, 0.15) is 11.4 Å². The monoisotopic (exact) mass is 392 g/mol. The molecule has 138 valence electrons. The SMILES string of the molecule is FC(F)(F)COCc1ccc(-c2cn3c(C(F)(F)Cl)nnc3cn2)cc1. The van der Waals surface area contributed by atoms with Crippen LogP contribution in [-0.2, 0) is 16.7 Å². The van der Waals surface area contributed by atoms with Crippen molar-refractivity contribution in [2.75, 3.05) is 6.61 Å². The average molecular weight is 393 g/mol. The molecule has 3 aromatic rings. The molecule has 5 nitrogen and oxygen atoms in total. The zero-order valence-corrected chi connectivity index (χ0v) is 13.6. The van der Waals surface area contributed by atoms with Crippen molar-refractivity contribution in [1.29, 1.82) is 0 Å². The summed E-state index contributed by atoms with van der Waals surface area (Å²) in [5.74, 6) is -0.741. The van der Waals surface area contributed by atoms with Gasteiger partial charge in [-0.2, -0.15) is 22.0 Å². The van der Waals surface area contributed by atoms with Gasteiger partial charge >= 0.3 is 11.6 Å². The van der Waals surface area contributed by atoms with Crippen LogP contribution in [0.2, 0.25) is 0 Å². The molecule has 0 unspecified atom stereocenters. The number of fused-ring (bicyclic) bond motifs is 1. The lowest BCUT2D eigenvalue weighted by molar-refractivity contribution is -0.176. The summed E-state index contributed by atoms with van der Waals surface area (Å²) in [7, 11) is 0. The van der Waals surface area contributed by atoms with Gasteiger partial charge in [-0.15, -0.1) is 10.2 Å². The molecule has 0 saturated heterocycles. The topological polar surface area (TPSA) is 52.3 Å². The van der Waals surface area contributed by atoms with Gasteiger partial charge in [0.25, 0.3) is 0 Å². The molecule has 26 heavy (non-hydrogen) atoms. The zero-order chi connectivity index (χ0) is 18.9. The predicted molar refractivity (Wildman–Crippen MR) is 81.7 cm³/mol. The lowest BCUT2D eigenvalue weighted by Crippen LogP contribution is -2.16. The number of alkyl halides is 6. The van der Waals surface area contributed by atoms with Crippen LogP contribution in [0.15, 0.2) is 36.7 Å². The molecule has 0 aliphatic rings. The van der Waals surface area contributed by atoms with Crippen LogP contribution in [0.5, 0.6) is 0 Å². The van der Waals surface area contributed by atoms with Gasteiger partial charge in [-0.1, -0.05) is 24.3 Å². The van der Waals surface area contributed by atoms with E-state index in [1.165, 1.54) is 12.4 Å². The Morgan fingerprint density at radius 2 is 1.73 bits per heavy atom. The van der Waals surface area contributed by atoms with Gasteiger partial charge in [0, 0.05) is 11.8 Å². The van der Waals surface area contributed by atoms with Crippen molar-refractivity contribution in [3.8, 4) is 11.3 Å². The highest BCUT2D eigenvalue weighted by molar-refractivity contribution is 6.21. The molecule has 1 aromatic carbocycles. The first-order valence-electron chi connectivity index (χ1n) is 7.15. The quantitative estimate of drug-likeness (QED) is 0.483. The average Bonchev–Trinajstić information content (AvgIpc) is 2.97. The van der Waals surface area contributed by atoms with Crippen molar-refractivity contribution in [3.63, 3.8) is 0 Å². The summed E-state index contributed by atoms with van der Waals surface area (Å²) in [6, 6.07) is 6.29. The molecular formula is C15H10ClF5N4O. The summed E-state index contributed by atoms with van der Waals surface area (Å²) in [5.41, 5.74) is 1.52. The number of aromatic nitrogens is 4. The van der Waals surface area contributed by atoms with Crippen molar-refractivity contribution in [1.82, 2.24) is 19.6 Å². The standard InChI is InChI=1S/C15H10ClF5N4O/c16-15(20,21)13-24-23-12-5-22-11(6-25(12)13)10-3-1-9(2-4-10)7-26-8-14(17,18)19/h1-6H,7-8H2. The third-order valence-electron chi connectivity index (χ3n) is 3.33.